The first-order valence-corrected chi connectivity index (χ1v) is 7.87. The Bertz CT molecular complexity index is 560. The third-order valence-electron chi connectivity index (χ3n) is 3.49. The van der Waals surface area contributed by atoms with Crippen molar-refractivity contribution in [3.05, 3.63) is 15.8 Å². The molecular weight excluding hydrogens is 296 g/mol. The SMILES string of the molecule is CCc1nn(C)c(N2CCSCC2CC(=O)O)c1[N+](=O)[O-]. The van der Waals surface area contributed by atoms with Crippen molar-refractivity contribution in [3.8, 4) is 0 Å². The van der Waals surface area contributed by atoms with E-state index in [1.54, 1.807) is 18.8 Å². The van der Waals surface area contributed by atoms with E-state index in [4.69, 9.17) is 5.11 Å². The van der Waals surface area contributed by atoms with Gasteiger partial charge in [0.25, 0.3) is 0 Å². The number of nitro groups is 1. The Kier molecular flexibility index (Phi) is 4.71. The van der Waals surface area contributed by atoms with Gasteiger partial charge in [-0.1, -0.05) is 6.92 Å². The van der Waals surface area contributed by atoms with Crippen LogP contribution >= 0.6 is 11.8 Å². The lowest BCUT2D eigenvalue weighted by Gasteiger charge is -2.35. The van der Waals surface area contributed by atoms with Crippen molar-refractivity contribution in [1.29, 1.82) is 0 Å². The highest BCUT2D eigenvalue weighted by Crippen LogP contribution is 2.35. The topological polar surface area (TPSA) is 102 Å². The minimum Gasteiger partial charge on any atom is -0.481 e. The highest BCUT2D eigenvalue weighted by molar-refractivity contribution is 7.99. The lowest BCUT2D eigenvalue weighted by molar-refractivity contribution is -0.384. The second-order valence-corrected chi connectivity index (χ2v) is 6.02. The van der Waals surface area contributed by atoms with Crippen molar-refractivity contribution in [3.63, 3.8) is 0 Å². The molecule has 0 spiro atoms. The number of aromatic nitrogens is 2. The molecule has 0 aromatic carbocycles. The van der Waals surface area contributed by atoms with E-state index in [2.05, 4.69) is 5.10 Å². The molecule has 8 nitrogen and oxygen atoms in total. The van der Waals surface area contributed by atoms with Crippen molar-refractivity contribution in [1.82, 2.24) is 9.78 Å². The second kappa shape index (κ2) is 6.33. The Labute approximate surface area is 126 Å². The van der Waals surface area contributed by atoms with Gasteiger partial charge in [-0.3, -0.25) is 14.9 Å². The van der Waals surface area contributed by atoms with Crippen LogP contribution in [0.3, 0.4) is 0 Å². The van der Waals surface area contributed by atoms with Gasteiger partial charge >= 0.3 is 11.7 Å². The fourth-order valence-corrected chi connectivity index (χ4v) is 3.67. The van der Waals surface area contributed by atoms with Crippen molar-refractivity contribution < 1.29 is 14.8 Å². The Morgan fingerprint density at radius 2 is 2.33 bits per heavy atom. The number of nitrogens with zero attached hydrogens (tertiary/aromatic N) is 4. The summed E-state index contributed by atoms with van der Waals surface area (Å²) in [5.41, 5.74) is 0.437. The largest absolute Gasteiger partial charge is 0.481 e. The minimum absolute atomic E-state index is 0.00212. The maximum Gasteiger partial charge on any atom is 0.334 e. The van der Waals surface area contributed by atoms with Crippen molar-refractivity contribution >= 4 is 29.2 Å². The third kappa shape index (κ3) is 3.12. The summed E-state index contributed by atoms with van der Waals surface area (Å²) >= 11 is 1.67. The molecule has 0 saturated carbocycles. The molecule has 2 heterocycles. The molecule has 1 unspecified atom stereocenters. The summed E-state index contributed by atoms with van der Waals surface area (Å²) in [4.78, 5) is 23.8. The van der Waals surface area contributed by atoms with Gasteiger partial charge in [0.1, 0.15) is 5.69 Å². The average molecular weight is 314 g/mol. The van der Waals surface area contributed by atoms with E-state index < -0.39 is 10.9 Å². The zero-order valence-corrected chi connectivity index (χ0v) is 12.8. The van der Waals surface area contributed by atoms with Crippen LogP contribution in [-0.2, 0) is 18.3 Å². The predicted octanol–water partition coefficient (Wildman–Crippen LogP) is 1.29. The number of anilines is 1. The smallest absolute Gasteiger partial charge is 0.334 e. The molecule has 21 heavy (non-hydrogen) atoms. The third-order valence-corrected chi connectivity index (χ3v) is 4.58. The minimum atomic E-state index is -0.895. The van der Waals surface area contributed by atoms with Crippen LogP contribution in [0, 0.1) is 10.1 Å². The highest BCUT2D eigenvalue weighted by Gasteiger charge is 2.35. The van der Waals surface area contributed by atoms with Gasteiger partial charge in [0.15, 0.2) is 0 Å². The average Bonchev–Trinajstić information content (AvgIpc) is 2.75. The molecule has 1 saturated heterocycles. The van der Waals surface area contributed by atoms with E-state index in [-0.39, 0.29) is 18.2 Å². The molecule has 1 aromatic rings. The van der Waals surface area contributed by atoms with E-state index in [1.807, 2.05) is 11.8 Å². The number of carboxylic acids is 1. The summed E-state index contributed by atoms with van der Waals surface area (Å²) in [5, 5.41) is 24.6. The molecule has 1 aliphatic heterocycles. The lowest BCUT2D eigenvalue weighted by atomic mass is 10.2. The summed E-state index contributed by atoms with van der Waals surface area (Å²) in [6.07, 6.45) is 0.438. The molecule has 0 amide bonds. The second-order valence-electron chi connectivity index (χ2n) is 4.87. The highest BCUT2D eigenvalue weighted by atomic mass is 32.2. The summed E-state index contributed by atoms with van der Waals surface area (Å²) < 4.78 is 1.50. The molecule has 1 N–H and O–H groups in total. The Morgan fingerprint density at radius 1 is 1.62 bits per heavy atom. The molecular formula is C12H18N4O4S. The van der Waals surface area contributed by atoms with Crippen LogP contribution < -0.4 is 4.90 Å². The molecule has 0 aliphatic carbocycles. The lowest BCUT2D eigenvalue weighted by Crippen LogP contribution is -2.44. The Hall–Kier alpha value is -1.77. The maximum atomic E-state index is 11.4. The molecule has 1 aliphatic rings. The number of aryl methyl sites for hydroxylation is 2. The van der Waals surface area contributed by atoms with Crippen molar-refractivity contribution in [2.24, 2.45) is 7.05 Å². The van der Waals surface area contributed by atoms with Gasteiger partial charge in [0.2, 0.25) is 5.82 Å². The van der Waals surface area contributed by atoms with Gasteiger partial charge in [-0.2, -0.15) is 16.9 Å². The Balaban J connectivity index is 2.44. The number of aliphatic carboxylic acids is 1. The van der Waals surface area contributed by atoms with Crippen LogP contribution in [0.1, 0.15) is 19.0 Å². The van der Waals surface area contributed by atoms with E-state index in [1.165, 1.54) is 4.68 Å². The summed E-state index contributed by atoms with van der Waals surface area (Å²) in [6, 6.07) is -0.250. The van der Waals surface area contributed by atoms with Crippen LogP contribution in [0.15, 0.2) is 0 Å². The monoisotopic (exact) mass is 314 g/mol. The zero-order valence-electron chi connectivity index (χ0n) is 12.0. The van der Waals surface area contributed by atoms with Crippen LogP contribution in [0.2, 0.25) is 0 Å². The van der Waals surface area contributed by atoms with E-state index in [0.717, 1.165) is 5.75 Å². The van der Waals surface area contributed by atoms with E-state index in [9.17, 15) is 14.9 Å². The molecule has 1 fully saturated rings. The molecule has 116 valence electrons. The zero-order chi connectivity index (χ0) is 15.6. The van der Waals surface area contributed by atoms with E-state index >= 15 is 0 Å². The molecule has 1 atom stereocenters. The van der Waals surface area contributed by atoms with Crippen molar-refractivity contribution in [2.45, 2.75) is 25.8 Å². The van der Waals surface area contributed by atoms with Gasteiger partial charge in [0.05, 0.1) is 17.4 Å². The van der Waals surface area contributed by atoms with Crippen LogP contribution in [0.4, 0.5) is 11.5 Å². The van der Waals surface area contributed by atoms with Crippen LogP contribution in [-0.4, -0.2) is 49.9 Å². The molecule has 1 aromatic heterocycles. The summed E-state index contributed by atoms with van der Waals surface area (Å²) in [7, 11) is 1.67. The molecule has 0 radical (unpaired) electrons. The van der Waals surface area contributed by atoms with Crippen molar-refractivity contribution in [2.75, 3.05) is 23.0 Å². The van der Waals surface area contributed by atoms with Gasteiger partial charge in [-0.15, -0.1) is 0 Å². The first-order chi connectivity index (χ1) is 9.95. The predicted molar refractivity (Wildman–Crippen MR) is 80.0 cm³/mol. The van der Waals surface area contributed by atoms with Gasteiger partial charge in [-0.05, 0) is 6.42 Å². The summed E-state index contributed by atoms with van der Waals surface area (Å²) in [5.74, 6) is 0.993. The van der Waals surface area contributed by atoms with Gasteiger partial charge in [0, 0.05) is 25.1 Å². The number of hydrogen-bond acceptors (Lipinski definition) is 6. The molecule has 2 rings (SSSR count). The normalized spacial score (nSPS) is 18.8. The Morgan fingerprint density at radius 3 is 2.90 bits per heavy atom. The first-order valence-electron chi connectivity index (χ1n) is 6.72. The van der Waals surface area contributed by atoms with Crippen LogP contribution in [0.25, 0.3) is 0 Å². The van der Waals surface area contributed by atoms with Crippen LogP contribution in [0.5, 0.6) is 0 Å². The first kappa shape index (κ1) is 15.6. The summed E-state index contributed by atoms with van der Waals surface area (Å²) in [6.45, 7) is 2.41. The fraction of sp³-hybridized carbons (Fsp3) is 0.667. The van der Waals surface area contributed by atoms with E-state index in [0.29, 0.717) is 30.2 Å². The fourth-order valence-electron chi connectivity index (χ4n) is 2.61. The molecule has 9 heteroatoms. The molecule has 0 bridgehead atoms. The number of hydrogen-bond donors (Lipinski definition) is 1. The standard InChI is InChI=1S/C12H18N4O4S/c1-3-9-11(16(19)20)12(14(2)13-9)15-4-5-21-7-8(15)6-10(17)18/h8H,3-7H2,1-2H3,(H,17,18). The number of carbonyl (C=O) groups is 1. The van der Waals surface area contributed by atoms with Gasteiger partial charge < -0.3 is 10.0 Å². The number of carboxylic acid groups (broad SMARTS) is 1. The number of thioether (sulfide) groups is 1. The maximum absolute atomic E-state index is 11.4. The quantitative estimate of drug-likeness (QED) is 0.645. The van der Waals surface area contributed by atoms with Gasteiger partial charge in [-0.25, -0.2) is 4.68 Å². The number of rotatable bonds is 5.